The van der Waals surface area contributed by atoms with Crippen LogP contribution in [0.5, 0.6) is 0 Å². The third-order valence-electron chi connectivity index (χ3n) is 3.51. The monoisotopic (exact) mass is 314 g/mol. The van der Waals surface area contributed by atoms with Crippen LogP contribution in [0.2, 0.25) is 5.02 Å². The van der Waals surface area contributed by atoms with E-state index in [-0.39, 0.29) is 10.6 Å². The predicted octanol–water partition coefficient (Wildman–Crippen LogP) is 2.87. The molecule has 1 atom stereocenters. The fraction of sp³-hybridized carbons (Fsp3) is 0.429. The first kappa shape index (κ1) is 15.4. The summed E-state index contributed by atoms with van der Waals surface area (Å²) in [6, 6.07) is 2.94. The minimum atomic E-state index is -3.53. The Morgan fingerprint density at radius 3 is 2.75 bits per heavy atom. The summed E-state index contributed by atoms with van der Waals surface area (Å²) in [5, 5.41) is 0.404. The van der Waals surface area contributed by atoms with Crippen molar-refractivity contribution in [2.45, 2.75) is 31.1 Å². The number of nitrogens with two attached hydrogens (primary N) is 1. The van der Waals surface area contributed by atoms with Crippen LogP contribution in [0.4, 0.5) is 5.69 Å². The number of nitrogen functional groups attached to an aromatic ring is 1. The second-order valence-electron chi connectivity index (χ2n) is 5.15. The number of hydrogen-bond acceptors (Lipinski definition) is 3. The Bertz CT molecular complexity index is 603. The van der Waals surface area contributed by atoms with E-state index >= 15 is 0 Å². The first-order valence-corrected chi connectivity index (χ1v) is 8.46. The molecule has 0 heterocycles. The normalized spacial score (nSPS) is 19.2. The van der Waals surface area contributed by atoms with Gasteiger partial charge in [0, 0.05) is 6.54 Å². The summed E-state index contributed by atoms with van der Waals surface area (Å²) in [6.07, 6.45) is 7.19. The lowest BCUT2D eigenvalue weighted by atomic mass is 9.95. The second-order valence-corrected chi connectivity index (χ2v) is 7.29. The van der Waals surface area contributed by atoms with Gasteiger partial charge in [-0.3, -0.25) is 0 Å². The van der Waals surface area contributed by atoms with E-state index < -0.39 is 10.0 Å². The number of rotatable bonds is 4. The largest absolute Gasteiger partial charge is 0.397 e. The zero-order chi connectivity index (χ0) is 14.8. The number of allylic oxidation sites excluding steroid dienone is 2. The summed E-state index contributed by atoms with van der Waals surface area (Å²) >= 11 is 5.95. The maximum Gasteiger partial charge on any atom is 0.240 e. The van der Waals surface area contributed by atoms with Crippen LogP contribution in [-0.4, -0.2) is 15.0 Å². The number of aryl methyl sites for hydroxylation is 1. The molecule has 0 amide bonds. The van der Waals surface area contributed by atoms with E-state index in [1.807, 2.05) is 0 Å². The highest BCUT2D eigenvalue weighted by molar-refractivity contribution is 7.89. The summed E-state index contributed by atoms with van der Waals surface area (Å²) in [7, 11) is -3.53. The van der Waals surface area contributed by atoms with Crippen molar-refractivity contribution >= 4 is 27.3 Å². The maximum atomic E-state index is 12.3. The van der Waals surface area contributed by atoms with Crippen LogP contribution < -0.4 is 10.5 Å². The van der Waals surface area contributed by atoms with E-state index in [9.17, 15) is 8.42 Å². The Labute approximate surface area is 125 Å². The molecule has 0 fully saturated rings. The Morgan fingerprint density at radius 2 is 2.15 bits per heavy atom. The molecule has 4 nitrogen and oxygen atoms in total. The van der Waals surface area contributed by atoms with Gasteiger partial charge in [-0.1, -0.05) is 23.8 Å². The summed E-state index contributed by atoms with van der Waals surface area (Å²) in [5.74, 6) is 0.362. The molecular formula is C14H19ClN2O2S. The zero-order valence-electron chi connectivity index (χ0n) is 11.4. The molecule has 0 bridgehead atoms. The van der Waals surface area contributed by atoms with Crippen molar-refractivity contribution in [2.24, 2.45) is 5.92 Å². The molecule has 0 aromatic heterocycles. The van der Waals surface area contributed by atoms with Gasteiger partial charge >= 0.3 is 0 Å². The van der Waals surface area contributed by atoms with Gasteiger partial charge < -0.3 is 5.73 Å². The van der Waals surface area contributed by atoms with Gasteiger partial charge in [-0.2, -0.15) is 0 Å². The van der Waals surface area contributed by atoms with E-state index in [4.69, 9.17) is 17.3 Å². The minimum Gasteiger partial charge on any atom is -0.397 e. The van der Waals surface area contributed by atoms with Gasteiger partial charge in [-0.25, -0.2) is 13.1 Å². The van der Waals surface area contributed by atoms with Crippen LogP contribution in [-0.2, 0) is 10.0 Å². The van der Waals surface area contributed by atoms with Gasteiger partial charge in [-0.15, -0.1) is 0 Å². The zero-order valence-corrected chi connectivity index (χ0v) is 13.0. The molecule has 0 saturated carbocycles. The van der Waals surface area contributed by atoms with E-state index in [0.29, 0.717) is 23.0 Å². The van der Waals surface area contributed by atoms with Gasteiger partial charge in [0.1, 0.15) is 0 Å². The highest BCUT2D eigenvalue weighted by Gasteiger charge is 2.19. The first-order valence-electron chi connectivity index (χ1n) is 6.60. The molecule has 0 radical (unpaired) electrons. The quantitative estimate of drug-likeness (QED) is 0.663. The second kappa shape index (κ2) is 6.16. The lowest BCUT2D eigenvalue weighted by molar-refractivity contribution is 0.468. The van der Waals surface area contributed by atoms with Crippen molar-refractivity contribution in [2.75, 3.05) is 12.3 Å². The standard InChI is InChI=1S/C14H19ClN2O2S/c1-10-7-12(8-13(16)14(10)15)20(18,19)17-9-11-5-3-2-4-6-11/h2-3,7-8,11,17H,4-6,9,16H2,1H3. The topological polar surface area (TPSA) is 72.2 Å². The Hall–Kier alpha value is -1.04. The molecule has 1 aromatic rings. The molecule has 1 aliphatic carbocycles. The number of hydrogen-bond donors (Lipinski definition) is 2. The fourth-order valence-electron chi connectivity index (χ4n) is 2.27. The molecule has 3 N–H and O–H groups in total. The minimum absolute atomic E-state index is 0.170. The van der Waals surface area contributed by atoms with Crippen LogP contribution in [0, 0.1) is 12.8 Å². The summed E-state index contributed by atoms with van der Waals surface area (Å²) in [6.45, 7) is 2.19. The highest BCUT2D eigenvalue weighted by atomic mass is 35.5. The van der Waals surface area contributed by atoms with E-state index in [0.717, 1.165) is 19.3 Å². The van der Waals surface area contributed by atoms with Gasteiger partial charge in [0.25, 0.3) is 0 Å². The molecule has 6 heteroatoms. The lowest BCUT2D eigenvalue weighted by Crippen LogP contribution is -2.30. The maximum absolute atomic E-state index is 12.3. The van der Waals surface area contributed by atoms with Crippen LogP contribution in [0.15, 0.2) is 29.2 Å². The molecule has 20 heavy (non-hydrogen) atoms. The van der Waals surface area contributed by atoms with Crippen molar-refractivity contribution in [3.63, 3.8) is 0 Å². The Morgan fingerprint density at radius 1 is 1.40 bits per heavy atom. The van der Waals surface area contributed by atoms with E-state index in [1.54, 1.807) is 13.0 Å². The Kier molecular flexibility index (Phi) is 4.73. The molecule has 110 valence electrons. The Balaban J connectivity index is 2.12. The van der Waals surface area contributed by atoms with Crippen LogP contribution >= 0.6 is 11.6 Å². The molecule has 1 unspecified atom stereocenters. The molecule has 0 saturated heterocycles. The van der Waals surface area contributed by atoms with Gasteiger partial charge in [0.15, 0.2) is 0 Å². The van der Waals surface area contributed by atoms with Crippen molar-refractivity contribution < 1.29 is 8.42 Å². The van der Waals surface area contributed by atoms with Crippen molar-refractivity contribution in [1.29, 1.82) is 0 Å². The van der Waals surface area contributed by atoms with Crippen LogP contribution in [0.3, 0.4) is 0 Å². The van der Waals surface area contributed by atoms with E-state index in [2.05, 4.69) is 16.9 Å². The van der Waals surface area contributed by atoms with Crippen molar-refractivity contribution in [1.82, 2.24) is 4.72 Å². The van der Waals surface area contributed by atoms with Gasteiger partial charge in [-0.05, 0) is 49.8 Å². The number of anilines is 1. The number of nitrogens with one attached hydrogen (secondary N) is 1. The highest BCUT2D eigenvalue weighted by Crippen LogP contribution is 2.27. The molecule has 2 rings (SSSR count). The van der Waals surface area contributed by atoms with Crippen LogP contribution in [0.25, 0.3) is 0 Å². The first-order chi connectivity index (χ1) is 9.40. The molecular weight excluding hydrogens is 296 g/mol. The molecule has 1 aliphatic rings. The third-order valence-corrected chi connectivity index (χ3v) is 5.43. The smallest absolute Gasteiger partial charge is 0.240 e. The SMILES string of the molecule is Cc1cc(S(=O)(=O)NCC2CC=CCC2)cc(N)c1Cl. The number of benzene rings is 1. The molecule has 1 aromatic carbocycles. The average molecular weight is 315 g/mol. The van der Waals surface area contributed by atoms with Gasteiger partial charge in [0.05, 0.1) is 15.6 Å². The number of sulfonamides is 1. The summed E-state index contributed by atoms with van der Waals surface area (Å²) < 4.78 is 27.2. The molecule has 0 spiro atoms. The third kappa shape index (κ3) is 3.53. The average Bonchev–Trinajstić information content (AvgIpc) is 2.43. The summed E-state index contributed by atoms with van der Waals surface area (Å²) in [4.78, 5) is 0.170. The van der Waals surface area contributed by atoms with Crippen molar-refractivity contribution in [3.05, 3.63) is 34.9 Å². The number of halogens is 1. The van der Waals surface area contributed by atoms with Gasteiger partial charge in [0.2, 0.25) is 10.0 Å². The lowest BCUT2D eigenvalue weighted by Gasteiger charge is -2.18. The van der Waals surface area contributed by atoms with E-state index in [1.165, 1.54) is 6.07 Å². The van der Waals surface area contributed by atoms with Crippen LogP contribution in [0.1, 0.15) is 24.8 Å². The predicted molar refractivity (Wildman–Crippen MR) is 82.3 cm³/mol. The summed E-state index contributed by atoms with van der Waals surface area (Å²) in [5.41, 5.74) is 6.67. The fourth-order valence-corrected chi connectivity index (χ4v) is 3.62. The molecule has 0 aliphatic heterocycles. The van der Waals surface area contributed by atoms with Crippen molar-refractivity contribution in [3.8, 4) is 0 Å².